The normalized spacial score (nSPS) is 10.1. The average Bonchev–Trinajstić information content (AvgIpc) is 2.41. The summed E-state index contributed by atoms with van der Waals surface area (Å²) < 4.78 is 9.55. The van der Waals surface area contributed by atoms with Crippen LogP contribution in [0.2, 0.25) is 0 Å². The number of carbonyl (C=O) groups excluding carboxylic acids is 1. The number of carbonyl (C=O) groups is 2. The van der Waals surface area contributed by atoms with Crippen LogP contribution in [-0.4, -0.2) is 17.0 Å². The fraction of sp³-hybridized carbons (Fsp3) is 0.0714. The second kappa shape index (κ2) is 5.40. The number of aryl methyl sites for hydroxylation is 1. The van der Waals surface area contributed by atoms with Gasteiger partial charge < -0.3 is 14.3 Å². The van der Waals surface area contributed by atoms with Crippen molar-refractivity contribution in [2.75, 3.05) is 0 Å². The summed E-state index contributed by atoms with van der Waals surface area (Å²) in [5, 5.41) is 8.65. The number of carboxylic acid groups (broad SMARTS) is 1. The van der Waals surface area contributed by atoms with Gasteiger partial charge in [-0.25, -0.2) is 9.59 Å². The lowest BCUT2D eigenvalue weighted by atomic mass is 10.1. The van der Waals surface area contributed by atoms with Crippen molar-refractivity contribution in [3.05, 3.63) is 63.7 Å². The third-order valence-electron chi connectivity index (χ3n) is 2.50. The maximum atomic E-state index is 11.8. The second-order valence-electron chi connectivity index (χ2n) is 4.03. The molecule has 0 atom stereocenters. The average molecular weight is 274 g/mol. The lowest BCUT2D eigenvalue weighted by Gasteiger charge is -2.03. The van der Waals surface area contributed by atoms with E-state index in [9.17, 15) is 14.4 Å². The molecular weight excluding hydrogens is 264 g/mol. The molecule has 2 rings (SSSR count). The zero-order valence-electron chi connectivity index (χ0n) is 10.5. The van der Waals surface area contributed by atoms with Crippen LogP contribution in [-0.2, 0) is 0 Å². The summed E-state index contributed by atoms with van der Waals surface area (Å²) in [6.45, 7) is 1.87. The molecule has 6 nitrogen and oxygen atoms in total. The van der Waals surface area contributed by atoms with Crippen LogP contribution in [0.25, 0.3) is 0 Å². The van der Waals surface area contributed by atoms with Crippen molar-refractivity contribution < 1.29 is 23.8 Å². The third kappa shape index (κ3) is 2.92. The summed E-state index contributed by atoms with van der Waals surface area (Å²) in [5.41, 5.74) is 0.512. The molecule has 2 aromatic rings. The van der Waals surface area contributed by atoms with E-state index in [2.05, 4.69) is 4.42 Å². The van der Waals surface area contributed by atoms with E-state index < -0.39 is 23.1 Å². The highest BCUT2D eigenvalue weighted by atomic mass is 16.5. The molecule has 0 fully saturated rings. The Balaban J connectivity index is 2.22. The van der Waals surface area contributed by atoms with E-state index in [1.807, 2.05) is 6.92 Å². The molecule has 0 spiro atoms. The first-order valence-corrected chi connectivity index (χ1v) is 5.62. The molecule has 0 saturated heterocycles. The molecule has 0 saturated carbocycles. The Hall–Kier alpha value is -2.89. The number of esters is 1. The first-order chi connectivity index (χ1) is 9.47. The van der Waals surface area contributed by atoms with Gasteiger partial charge in [-0.15, -0.1) is 0 Å². The molecule has 102 valence electrons. The van der Waals surface area contributed by atoms with E-state index in [-0.39, 0.29) is 11.3 Å². The fourth-order valence-corrected chi connectivity index (χ4v) is 1.43. The Morgan fingerprint density at radius 3 is 2.40 bits per heavy atom. The van der Waals surface area contributed by atoms with Gasteiger partial charge in [0.15, 0.2) is 0 Å². The van der Waals surface area contributed by atoms with Gasteiger partial charge in [0.2, 0.25) is 16.9 Å². The van der Waals surface area contributed by atoms with Crippen molar-refractivity contribution in [1.82, 2.24) is 0 Å². The van der Waals surface area contributed by atoms with Crippen molar-refractivity contribution in [2.24, 2.45) is 0 Å². The highest BCUT2D eigenvalue weighted by Gasteiger charge is 2.14. The molecule has 1 N–H and O–H groups in total. The van der Waals surface area contributed by atoms with Crippen LogP contribution in [0.3, 0.4) is 0 Å². The summed E-state index contributed by atoms with van der Waals surface area (Å²) in [5.74, 6) is -2.98. The van der Waals surface area contributed by atoms with Crippen molar-refractivity contribution in [2.45, 2.75) is 6.92 Å². The number of carboxylic acids is 1. The molecule has 0 radical (unpaired) electrons. The van der Waals surface area contributed by atoms with Crippen molar-refractivity contribution in [3.8, 4) is 5.75 Å². The molecule has 20 heavy (non-hydrogen) atoms. The molecule has 0 amide bonds. The van der Waals surface area contributed by atoms with E-state index >= 15 is 0 Å². The molecule has 0 bridgehead atoms. The van der Waals surface area contributed by atoms with Gasteiger partial charge >= 0.3 is 11.9 Å². The maximum absolute atomic E-state index is 11.8. The van der Waals surface area contributed by atoms with Crippen LogP contribution in [0.4, 0.5) is 0 Å². The number of benzene rings is 1. The van der Waals surface area contributed by atoms with Gasteiger partial charge in [-0.3, -0.25) is 4.79 Å². The third-order valence-corrected chi connectivity index (χ3v) is 2.50. The fourth-order valence-electron chi connectivity index (χ4n) is 1.43. The SMILES string of the molecule is Cc1ccc(C(=O)Oc2coc(C(=O)O)cc2=O)cc1. The van der Waals surface area contributed by atoms with Gasteiger partial charge in [0.1, 0.15) is 6.26 Å². The largest absolute Gasteiger partial charge is 0.475 e. The monoisotopic (exact) mass is 274 g/mol. The Morgan fingerprint density at radius 1 is 1.20 bits per heavy atom. The Kier molecular flexibility index (Phi) is 3.65. The zero-order chi connectivity index (χ0) is 14.7. The highest BCUT2D eigenvalue weighted by Crippen LogP contribution is 2.10. The van der Waals surface area contributed by atoms with Crippen molar-refractivity contribution in [3.63, 3.8) is 0 Å². The molecule has 1 aromatic heterocycles. The summed E-state index contributed by atoms with van der Waals surface area (Å²) in [6, 6.07) is 7.33. The van der Waals surface area contributed by atoms with Crippen LogP contribution < -0.4 is 10.2 Å². The molecular formula is C14H10O6. The van der Waals surface area contributed by atoms with Crippen LogP contribution in [0.5, 0.6) is 5.75 Å². The van der Waals surface area contributed by atoms with Crippen molar-refractivity contribution >= 4 is 11.9 Å². The van der Waals surface area contributed by atoms with Crippen LogP contribution in [0, 0.1) is 6.92 Å². The minimum atomic E-state index is -1.38. The Morgan fingerprint density at radius 2 is 1.85 bits per heavy atom. The standard InChI is InChI=1S/C14H10O6/c1-8-2-4-9(5-3-8)14(18)20-12-7-19-11(13(16)17)6-10(12)15/h2-7H,1H3,(H,16,17). The zero-order valence-corrected chi connectivity index (χ0v) is 10.5. The molecule has 0 unspecified atom stereocenters. The van der Waals surface area contributed by atoms with Gasteiger partial charge in [0, 0.05) is 6.07 Å². The number of ether oxygens (including phenoxy) is 1. The summed E-state index contributed by atoms with van der Waals surface area (Å²) in [6.07, 6.45) is 0.803. The molecule has 1 aromatic carbocycles. The number of aromatic carboxylic acids is 1. The highest BCUT2D eigenvalue weighted by molar-refractivity contribution is 5.91. The van der Waals surface area contributed by atoms with Crippen LogP contribution in [0.15, 0.2) is 45.8 Å². The smallest absolute Gasteiger partial charge is 0.371 e. The van der Waals surface area contributed by atoms with Gasteiger partial charge in [0.05, 0.1) is 5.56 Å². The van der Waals surface area contributed by atoms with Gasteiger partial charge in [0.25, 0.3) is 0 Å². The predicted molar refractivity (Wildman–Crippen MR) is 68.1 cm³/mol. The molecule has 0 aliphatic rings. The quantitative estimate of drug-likeness (QED) is 0.858. The first-order valence-electron chi connectivity index (χ1n) is 5.62. The summed E-state index contributed by atoms with van der Waals surface area (Å²) in [7, 11) is 0. The van der Waals surface area contributed by atoms with Gasteiger partial charge in [-0.2, -0.15) is 0 Å². The Bertz CT molecular complexity index is 711. The number of hydrogen-bond donors (Lipinski definition) is 1. The van der Waals surface area contributed by atoms with E-state index in [0.717, 1.165) is 17.9 Å². The predicted octanol–water partition coefficient (Wildman–Crippen LogP) is 1.87. The maximum Gasteiger partial charge on any atom is 0.371 e. The number of rotatable bonds is 3. The molecule has 0 aliphatic heterocycles. The van der Waals surface area contributed by atoms with Crippen LogP contribution >= 0.6 is 0 Å². The van der Waals surface area contributed by atoms with E-state index in [4.69, 9.17) is 9.84 Å². The first kappa shape index (κ1) is 13.5. The van der Waals surface area contributed by atoms with Crippen molar-refractivity contribution in [1.29, 1.82) is 0 Å². The van der Waals surface area contributed by atoms with E-state index in [1.165, 1.54) is 0 Å². The van der Waals surface area contributed by atoms with Gasteiger partial charge in [-0.1, -0.05) is 17.7 Å². The van der Waals surface area contributed by atoms with E-state index in [0.29, 0.717) is 0 Å². The minimum Gasteiger partial charge on any atom is -0.475 e. The lowest BCUT2D eigenvalue weighted by Crippen LogP contribution is -2.15. The molecule has 0 aliphatic carbocycles. The minimum absolute atomic E-state index is 0.275. The lowest BCUT2D eigenvalue weighted by molar-refractivity contribution is 0.0658. The summed E-state index contributed by atoms with van der Waals surface area (Å²) >= 11 is 0. The van der Waals surface area contributed by atoms with Gasteiger partial charge in [-0.05, 0) is 19.1 Å². The van der Waals surface area contributed by atoms with Crippen LogP contribution in [0.1, 0.15) is 26.5 Å². The van der Waals surface area contributed by atoms with E-state index in [1.54, 1.807) is 24.3 Å². The number of hydrogen-bond acceptors (Lipinski definition) is 5. The second-order valence-corrected chi connectivity index (χ2v) is 4.03. The topological polar surface area (TPSA) is 93.8 Å². The molecule has 1 heterocycles. The Labute approximate surface area is 113 Å². The molecule has 6 heteroatoms. The summed E-state index contributed by atoms with van der Waals surface area (Å²) in [4.78, 5) is 33.9.